The van der Waals surface area contributed by atoms with Gasteiger partial charge in [0.05, 0.1) is 17.0 Å². The van der Waals surface area contributed by atoms with Gasteiger partial charge in [0.1, 0.15) is 0 Å². The van der Waals surface area contributed by atoms with Gasteiger partial charge in [0.2, 0.25) is 15.0 Å². The molecule has 29 heavy (non-hydrogen) atoms. The van der Waals surface area contributed by atoms with Crippen LogP contribution in [0, 0.1) is 5.92 Å². The Hall–Kier alpha value is -1.07. The molecule has 0 aliphatic carbocycles. The van der Waals surface area contributed by atoms with Crippen molar-refractivity contribution < 1.29 is 17.7 Å². The molecule has 0 unspecified atom stereocenters. The molecule has 2 saturated heterocycles. The molecule has 1 aromatic heterocycles. The van der Waals surface area contributed by atoms with Gasteiger partial charge in [-0.05, 0) is 59.4 Å². The Morgan fingerprint density at radius 1 is 1.21 bits per heavy atom. The molecular weight excluding hydrogens is 391 g/mol. The number of hydrogen-bond acceptors (Lipinski definition) is 8. The average Bonchev–Trinajstić information content (AvgIpc) is 2.88. The quantitative estimate of drug-likeness (QED) is 0.501. The summed E-state index contributed by atoms with van der Waals surface area (Å²) in [5.74, 6) is 0.429. The summed E-state index contributed by atoms with van der Waals surface area (Å²) >= 11 is 0. The molecule has 0 saturated carbocycles. The van der Waals surface area contributed by atoms with Crippen LogP contribution in [-0.2, 0) is 19.1 Å². The van der Waals surface area contributed by atoms with Crippen LogP contribution in [-0.4, -0.2) is 73.5 Å². The fourth-order valence-corrected chi connectivity index (χ4v) is 5.03. The standard InChI is InChI=1S/C19H33BN4O4S/c1-18(2)19(3,4)28-20(27-18)16-12-22-17(23-13-16)29(25,26)11-7-15-6-5-9-24(14-15)10-8-21/h12-13,15H,5-11,14,21H2,1-4H3/t15-/m1/s1. The molecule has 2 aliphatic rings. The van der Waals surface area contributed by atoms with Gasteiger partial charge in [0, 0.05) is 37.5 Å². The lowest BCUT2D eigenvalue weighted by Crippen LogP contribution is -2.41. The van der Waals surface area contributed by atoms with Crippen LogP contribution in [0.15, 0.2) is 17.6 Å². The molecule has 162 valence electrons. The molecule has 2 aliphatic heterocycles. The van der Waals surface area contributed by atoms with E-state index in [1.807, 2.05) is 27.7 Å². The SMILES string of the molecule is CC1(C)OB(c2cnc(S(=O)(=O)CC[C@H]3CCCN(CCN)C3)nc2)OC1(C)C. The summed E-state index contributed by atoms with van der Waals surface area (Å²) in [5.41, 5.74) is 5.31. The van der Waals surface area contributed by atoms with Gasteiger partial charge in [-0.3, -0.25) is 0 Å². The maximum Gasteiger partial charge on any atom is 0.498 e. The summed E-state index contributed by atoms with van der Waals surface area (Å²) in [6.07, 6.45) is 5.74. The second-order valence-electron chi connectivity index (χ2n) is 9.09. The number of likely N-dealkylation sites (tertiary alicyclic amines) is 1. The predicted molar refractivity (Wildman–Crippen MR) is 113 cm³/mol. The van der Waals surface area contributed by atoms with Crippen molar-refractivity contribution in [2.24, 2.45) is 11.7 Å². The molecule has 0 bridgehead atoms. The Morgan fingerprint density at radius 3 is 2.41 bits per heavy atom. The van der Waals surface area contributed by atoms with E-state index in [2.05, 4.69) is 14.9 Å². The molecule has 1 atom stereocenters. The van der Waals surface area contributed by atoms with E-state index < -0.39 is 28.2 Å². The molecule has 0 amide bonds. The van der Waals surface area contributed by atoms with Gasteiger partial charge in [-0.15, -0.1) is 0 Å². The molecule has 0 radical (unpaired) electrons. The Morgan fingerprint density at radius 2 is 1.83 bits per heavy atom. The van der Waals surface area contributed by atoms with Gasteiger partial charge < -0.3 is 19.9 Å². The van der Waals surface area contributed by atoms with Crippen LogP contribution in [0.5, 0.6) is 0 Å². The third-order valence-corrected chi connectivity index (χ3v) is 7.84. The Bertz CT molecular complexity index is 783. The molecule has 8 nitrogen and oxygen atoms in total. The van der Waals surface area contributed by atoms with Crippen molar-refractivity contribution in [1.29, 1.82) is 0 Å². The highest BCUT2D eigenvalue weighted by molar-refractivity contribution is 7.91. The van der Waals surface area contributed by atoms with Crippen LogP contribution in [0.3, 0.4) is 0 Å². The second-order valence-corrected chi connectivity index (χ2v) is 11.1. The monoisotopic (exact) mass is 424 g/mol. The number of hydrogen-bond donors (Lipinski definition) is 1. The number of aromatic nitrogens is 2. The number of rotatable bonds is 7. The van der Waals surface area contributed by atoms with Crippen molar-refractivity contribution in [2.75, 3.05) is 31.9 Å². The highest BCUT2D eigenvalue weighted by atomic mass is 32.2. The minimum Gasteiger partial charge on any atom is -0.399 e. The number of nitrogens with two attached hydrogens (primary N) is 1. The lowest BCUT2D eigenvalue weighted by Gasteiger charge is -2.32. The minimum atomic E-state index is -3.52. The van der Waals surface area contributed by atoms with Crippen LogP contribution in [0.1, 0.15) is 47.0 Å². The second kappa shape index (κ2) is 8.59. The van der Waals surface area contributed by atoms with E-state index in [4.69, 9.17) is 15.0 Å². The van der Waals surface area contributed by atoms with Crippen LogP contribution >= 0.6 is 0 Å². The predicted octanol–water partition coefficient (Wildman–Crippen LogP) is 0.610. The van der Waals surface area contributed by atoms with Crippen molar-refractivity contribution in [1.82, 2.24) is 14.9 Å². The fraction of sp³-hybridized carbons (Fsp3) is 0.789. The topological polar surface area (TPSA) is 108 Å². The summed E-state index contributed by atoms with van der Waals surface area (Å²) in [4.78, 5) is 10.5. The first-order valence-electron chi connectivity index (χ1n) is 10.4. The van der Waals surface area contributed by atoms with Gasteiger partial charge in [0.25, 0.3) is 0 Å². The van der Waals surface area contributed by atoms with Crippen LogP contribution in [0.2, 0.25) is 0 Å². The van der Waals surface area contributed by atoms with E-state index in [1.54, 1.807) is 0 Å². The summed E-state index contributed by atoms with van der Waals surface area (Å²) in [6.45, 7) is 11.3. The Balaban J connectivity index is 1.60. The zero-order chi connectivity index (χ0) is 21.3. The maximum absolute atomic E-state index is 12.7. The summed E-state index contributed by atoms with van der Waals surface area (Å²) < 4.78 is 37.3. The van der Waals surface area contributed by atoms with Crippen molar-refractivity contribution in [3.8, 4) is 0 Å². The largest absolute Gasteiger partial charge is 0.498 e. The zero-order valence-electron chi connectivity index (χ0n) is 17.9. The van der Waals surface area contributed by atoms with Gasteiger partial charge >= 0.3 is 7.12 Å². The first kappa shape index (κ1) is 22.6. The summed E-state index contributed by atoms with van der Waals surface area (Å²) in [5, 5.41) is -0.132. The van der Waals surface area contributed by atoms with Crippen molar-refractivity contribution in [3.05, 3.63) is 12.4 Å². The van der Waals surface area contributed by atoms with E-state index in [0.717, 1.165) is 32.5 Å². The third kappa shape index (κ3) is 5.17. The number of nitrogens with zero attached hydrogens (tertiary/aromatic N) is 3. The Kier molecular flexibility index (Phi) is 6.70. The lowest BCUT2D eigenvalue weighted by molar-refractivity contribution is 0.00578. The lowest BCUT2D eigenvalue weighted by atomic mass is 9.81. The molecule has 1 aromatic rings. The third-order valence-electron chi connectivity index (χ3n) is 6.29. The van der Waals surface area contributed by atoms with Crippen LogP contribution < -0.4 is 11.2 Å². The smallest absolute Gasteiger partial charge is 0.399 e. The van der Waals surface area contributed by atoms with E-state index >= 15 is 0 Å². The van der Waals surface area contributed by atoms with E-state index in [9.17, 15) is 8.42 Å². The Labute approximate surface area is 174 Å². The van der Waals surface area contributed by atoms with E-state index in [1.165, 1.54) is 12.4 Å². The van der Waals surface area contributed by atoms with Crippen LogP contribution in [0.25, 0.3) is 0 Å². The molecule has 2 N–H and O–H groups in total. The normalized spacial score (nSPS) is 24.7. The summed E-state index contributed by atoms with van der Waals surface area (Å²) in [7, 11) is -4.13. The van der Waals surface area contributed by atoms with Gasteiger partial charge in [-0.2, -0.15) is 0 Å². The molecule has 0 aromatic carbocycles. The van der Waals surface area contributed by atoms with Crippen molar-refractivity contribution >= 4 is 22.4 Å². The van der Waals surface area contributed by atoms with Crippen molar-refractivity contribution in [2.45, 2.75) is 63.3 Å². The summed E-state index contributed by atoms with van der Waals surface area (Å²) in [6, 6.07) is 0. The number of piperidine rings is 1. The molecule has 0 spiro atoms. The van der Waals surface area contributed by atoms with E-state index in [0.29, 0.717) is 24.3 Å². The molecule has 3 heterocycles. The highest BCUT2D eigenvalue weighted by Crippen LogP contribution is 2.36. The highest BCUT2D eigenvalue weighted by Gasteiger charge is 2.52. The molecule has 3 rings (SSSR count). The number of sulfone groups is 1. The van der Waals surface area contributed by atoms with Gasteiger partial charge in [-0.1, -0.05) is 0 Å². The molecule has 10 heteroatoms. The van der Waals surface area contributed by atoms with Crippen LogP contribution in [0.4, 0.5) is 0 Å². The van der Waals surface area contributed by atoms with Gasteiger partial charge in [0.15, 0.2) is 0 Å². The molecular formula is C19H33BN4O4S. The fourth-order valence-electron chi connectivity index (χ4n) is 3.77. The van der Waals surface area contributed by atoms with Crippen molar-refractivity contribution in [3.63, 3.8) is 0 Å². The first-order valence-corrected chi connectivity index (χ1v) is 12.0. The van der Waals surface area contributed by atoms with Gasteiger partial charge in [-0.25, -0.2) is 18.4 Å². The molecule has 2 fully saturated rings. The maximum atomic E-state index is 12.7. The minimum absolute atomic E-state index is 0.0595. The average molecular weight is 424 g/mol. The first-order chi connectivity index (χ1) is 13.5. The zero-order valence-corrected chi connectivity index (χ0v) is 18.7. The van der Waals surface area contributed by atoms with E-state index in [-0.39, 0.29) is 10.9 Å².